The predicted octanol–water partition coefficient (Wildman–Crippen LogP) is -0.109. The first-order chi connectivity index (χ1) is 6.63. The SMILES string of the molecule is C=C(C)c1nc(N)nc(NCCO)n1. The summed E-state index contributed by atoms with van der Waals surface area (Å²) < 4.78 is 0. The average Bonchev–Trinajstić information content (AvgIpc) is 2.14. The fourth-order valence-electron chi connectivity index (χ4n) is 0.830. The lowest BCUT2D eigenvalue weighted by Gasteiger charge is -2.05. The molecule has 0 unspecified atom stereocenters. The van der Waals surface area contributed by atoms with Crippen molar-refractivity contribution in [2.24, 2.45) is 0 Å². The number of nitrogens with two attached hydrogens (primary N) is 1. The van der Waals surface area contributed by atoms with Gasteiger partial charge in [0.15, 0.2) is 5.82 Å². The number of allylic oxidation sites excluding steroid dienone is 1. The second-order valence-corrected chi connectivity index (χ2v) is 2.77. The first-order valence-electron chi connectivity index (χ1n) is 4.15. The van der Waals surface area contributed by atoms with Gasteiger partial charge in [-0.3, -0.25) is 0 Å². The first-order valence-corrected chi connectivity index (χ1v) is 4.15. The van der Waals surface area contributed by atoms with Crippen LogP contribution >= 0.6 is 0 Å². The van der Waals surface area contributed by atoms with Crippen molar-refractivity contribution in [1.82, 2.24) is 15.0 Å². The number of aliphatic hydroxyl groups excluding tert-OH is 1. The third-order valence-corrected chi connectivity index (χ3v) is 1.43. The summed E-state index contributed by atoms with van der Waals surface area (Å²) in [6.45, 7) is 5.87. The van der Waals surface area contributed by atoms with Crippen LogP contribution < -0.4 is 11.1 Å². The number of aliphatic hydroxyl groups is 1. The lowest BCUT2D eigenvalue weighted by molar-refractivity contribution is 0.311. The predicted molar refractivity (Wildman–Crippen MR) is 54.5 cm³/mol. The van der Waals surface area contributed by atoms with Crippen LogP contribution in [0, 0.1) is 0 Å². The summed E-state index contributed by atoms with van der Waals surface area (Å²) in [7, 11) is 0. The van der Waals surface area contributed by atoms with E-state index >= 15 is 0 Å². The highest BCUT2D eigenvalue weighted by Crippen LogP contribution is 2.08. The average molecular weight is 195 g/mol. The van der Waals surface area contributed by atoms with Crippen molar-refractivity contribution in [2.75, 3.05) is 24.2 Å². The van der Waals surface area contributed by atoms with Gasteiger partial charge in [-0.05, 0) is 12.5 Å². The zero-order valence-corrected chi connectivity index (χ0v) is 7.99. The summed E-state index contributed by atoms with van der Waals surface area (Å²) in [5.41, 5.74) is 6.18. The van der Waals surface area contributed by atoms with Crippen LogP contribution in [0.15, 0.2) is 6.58 Å². The van der Waals surface area contributed by atoms with Gasteiger partial charge >= 0.3 is 0 Å². The minimum Gasteiger partial charge on any atom is -0.395 e. The molecule has 0 atom stereocenters. The zero-order chi connectivity index (χ0) is 10.6. The van der Waals surface area contributed by atoms with Crippen LogP contribution in [0.3, 0.4) is 0 Å². The summed E-state index contributed by atoms with van der Waals surface area (Å²) in [4.78, 5) is 11.8. The van der Waals surface area contributed by atoms with Crippen LogP contribution in [0.1, 0.15) is 12.7 Å². The molecule has 14 heavy (non-hydrogen) atoms. The standard InChI is InChI=1S/C8H13N5O/c1-5(2)6-11-7(9)13-8(12-6)10-3-4-14/h14H,1,3-4H2,2H3,(H3,9,10,11,12,13). The minimum atomic E-state index is 0.00793. The van der Waals surface area contributed by atoms with Gasteiger partial charge in [0, 0.05) is 6.54 Å². The Morgan fingerprint density at radius 3 is 2.79 bits per heavy atom. The fourth-order valence-corrected chi connectivity index (χ4v) is 0.830. The second-order valence-electron chi connectivity index (χ2n) is 2.77. The molecule has 0 aliphatic rings. The van der Waals surface area contributed by atoms with Gasteiger partial charge in [0.25, 0.3) is 0 Å². The summed E-state index contributed by atoms with van der Waals surface area (Å²) in [6, 6.07) is 0. The Balaban J connectivity index is 2.89. The summed E-state index contributed by atoms with van der Waals surface area (Å²) in [5, 5.41) is 11.4. The Hall–Kier alpha value is -1.69. The van der Waals surface area contributed by atoms with Crippen LogP contribution in [0.25, 0.3) is 5.57 Å². The number of anilines is 2. The van der Waals surface area contributed by atoms with Gasteiger partial charge in [0.2, 0.25) is 11.9 Å². The molecule has 1 heterocycles. The number of hydrogen-bond acceptors (Lipinski definition) is 6. The van der Waals surface area contributed by atoms with Gasteiger partial charge in [0.1, 0.15) is 0 Å². The Morgan fingerprint density at radius 1 is 1.50 bits per heavy atom. The van der Waals surface area contributed by atoms with Crippen LogP contribution in [0.2, 0.25) is 0 Å². The molecule has 0 saturated heterocycles. The van der Waals surface area contributed by atoms with Crippen LogP contribution in [-0.2, 0) is 0 Å². The van der Waals surface area contributed by atoms with Crippen molar-refractivity contribution >= 4 is 17.5 Å². The summed E-state index contributed by atoms with van der Waals surface area (Å²) in [6.07, 6.45) is 0. The molecule has 0 aromatic carbocycles. The zero-order valence-electron chi connectivity index (χ0n) is 7.99. The fraction of sp³-hybridized carbons (Fsp3) is 0.375. The summed E-state index contributed by atoms with van der Waals surface area (Å²) >= 11 is 0. The Morgan fingerprint density at radius 2 is 2.21 bits per heavy atom. The molecule has 1 aromatic heterocycles. The van der Waals surface area contributed by atoms with Crippen molar-refractivity contribution in [3.63, 3.8) is 0 Å². The van der Waals surface area contributed by atoms with Crippen LogP contribution in [0.5, 0.6) is 0 Å². The molecule has 0 aliphatic heterocycles. The van der Waals surface area contributed by atoms with E-state index in [1.54, 1.807) is 6.92 Å². The monoisotopic (exact) mass is 195 g/mol. The molecule has 0 radical (unpaired) electrons. The van der Waals surface area contributed by atoms with Crippen molar-refractivity contribution in [1.29, 1.82) is 0 Å². The highest BCUT2D eigenvalue weighted by Gasteiger charge is 2.03. The molecule has 0 saturated carbocycles. The molecular formula is C8H13N5O. The molecule has 0 amide bonds. The van der Waals surface area contributed by atoms with Gasteiger partial charge in [0.05, 0.1) is 6.61 Å². The normalized spacial score (nSPS) is 9.86. The van der Waals surface area contributed by atoms with Gasteiger partial charge in [-0.1, -0.05) is 6.58 Å². The van der Waals surface area contributed by atoms with Crippen molar-refractivity contribution in [3.05, 3.63) is 12.4 Å². The highest BCUT2D eigenvalue weighted by molar-refractivity contribution is 5.56. The van der Waals surface area contributed by atoms with Crippen molar-refractivity contribution in [2.45, 2.75) is 6.92 Å². The largest absolute Gasteiger partial charge is 0.395 e. The van der Waals surface area contributed by atoms with Crippen molar-refractivity contribution in [3.8, 4) is 0 Å². The van der Waals surface area contributed by atoms with Gasteiger partial charge in [-0.2, -0.15) is 15.0 Å². The smallest absolute Gasteiger partial charge is 0.228 e. The maximum Gasteiger partial charge on any atom is 0.228 e. The lowest BCUT2D eigenvalue weighted by atomic mass is 10.3. The molecule has 1 rings (SSSR count). The number of nitrogens with one attached hydrogen (secondary N) is 1. The number of rotatable bonds is 4. The molecule has 6 heteroatoms. The van der Waals surface area contributed by atoms with E-state index in [1.165, 1.54) is 0 Å². The highest BCUT2D eigenvalue weighted by atomic mass is 16.3. The molecule has 6 nitrogen and oxygen atoms in total. The minimum absolute atomic E-state index is 0.00793. The topological polar surface area (TPSA) is 97.0 Å². The van der Waals surface area contributed by atoms with E-state index in [2.05, 4.69) is 26.8 Å². The number of nitrogen functional groups attached to an aromatic ring is 1. The van der Waals surface area contributed by atoms with Gasteiger partial charge in [-0.15, -0.1) is 0 Å². The first kappa shape index (κ1) is 10.4. The van der Waals surface area contributed by atoms with Crippen LogP contribution in [-0.4, -0.2) is 33.2 Å². The number of hydrogen-bond donors (Lipinski definition) is 3. The Bertz CT molecular complexity index is 339. The third kappa shape index (κ3) is 2.67. The molecule has 1 aromatic rings. The van der Waals surface area contributed by atoms with Gasteiger partial charge in [-0.25, -0.2) is 0 Å². The molecule has 0 spiro atoms. The second kappa shape index (κ2) is 4.52. The maximum atomic E-state index is 8.59. The Kier molecular flexibility index (Phi) is 3.35. The molecular weight excluding hydrogens is 182 g/mol. The molecule has 4 N–H and O–H groups in total. The Labute approximate surface area is 81.9 Å². The van der Waals surface area contributed by atoms with Crippen molar-refractivity contribution < 1.29 is 5.11 Å². The number of aromatic nitrogens is 3. The molecule has 0 fully saturated rings. The van der Waals surface area contributed by atoms with E-state index < -0.39 is 0 Å². The molecule has 0 bridgehead atoms. The van der Waals surface area contributed by atoms with Gasteiger partial charge < -0.3 is 16.2 Å². The third-order valence-electron chi connectivity index (χ3n) is 1.43. The summed E-state index contributed by atoms with van der Waals surface area (Å²) in [5.74, 6) is 0.945. The van der Waals surface area contributed by atoms with E-state index in [0.717, 1.165) is 0 Å². The van der Waals surface area contributed by atoms with E-state index in [0.29, 0.717) is 23.9 Å². The number of nitrogens with zero attached hydrogens (tertiary/aromatic N) is 3. The van der Waals surface area contributed by atoms with E-state index in [4.69, 9.17) is 10.8 Å². The maximum absolute atomic E-state index is 8.59. The van der Waals surface area contributed by atoms with E-state index in [-0.39, 0.29) is 12.6 Å². The molecule has 0 aliphatic carbocycles. The van der Waals surface area contributed by atoms with E-state index in [9.17, 15) is 0 Å². The van der Waals surface area contributed by atoms with Crippen LogP contribution in [0.4, 0.5) is 11.9 Å². The molecule has 76 valence electrons. The lowest BCUT2D eigenvalue weighted by Crippen LogP contribution is -2.12. The van der Waals surface area contributed by atoms with E-state index in [1.807, 2.05) is 0 Å². The quantitative estimate of drug-likeness (QED) is 0.620.